The maximum absolute atomic E-state index is 14.7. The van der Waals surface area contributed by atoms with Gasteiger partial charge in [0.1, 0.15) is 17.0 Å². The number of halogens is 1. The van der Waals surface area contributed by atoms with Gasteiger partial charge in [-0.15, -0.1) is 0 Å². The Labute approximate surface area is 198 Å². The van der Waals surface area contributed by atoms with E-state index < -0.39 is 5.67 Å². The number of rotatable bonds is 5. The standard InChI is InChI=1S/C28H30FN3O2/c1-17-26(21-9-5-7-11-24(21)34-17)27(33)31-19-14-12-18(13-15-19)30-23-16-25(28(2,3)29)32-22-10-6-4-8-20(22)23/h4-11,16,18-19H,12-15H2,1-3H3,(H,30,32)(H,31,33). The number of furan rings is 1. The second-order valence-corrected chi connectivity index (χ2v) is 9.74. The summed E-state index contributed by atoms with van der Waals surface area (Å²) in [6, 6.07) is 17.7. The van der Waals surface area contributed by atoms with Crippen molar-refractivity contribution in [2.45, 2.75) is 64.2 Å². The van der Waals surface area contributed by atoms with E-state index >= 15 is 0 Å². The Morgan fingerprint density at radius 1 is 1.00 bits per heavy atom. The quantitative estimate of drug-likeness (QED) is 0.351. The van der Waals surface area contributed by atoms with Gasteiger partial charge in [0.15, 0.2) is 0 Å². The van der Waals surface area contributed by atoms with Gasteiger partial charge in [-0.2, -0.15) is 0 Å². The number of carbonyl (C=O) groups is 1. The smallest absolute Gasteiger partial charge is 0.255 e. The molecule has 2 aromatic heterocycles. The molecule has 0 unspecified atom stereocenters. The maximum Gasteiger partial charge on any atom is 0.255 e. The Morgan fingerprint density at radius 3 is 2.38 bits per heavy atom. The summed E-state index contributed by atoms with van der Waals surface area (Å²) in [5.74, 6) is 0.569. The molecular formula is C28H30FN3O2. The Kier molecular flexibility index (Phi) is 5.76. The molecule has 5 nitrogen and oxygen atoms in total. The second kappa shape index (κ2) is 8.75. The summed E-state index contributed by atoms with van der Waals surface area (Å²) in [6.45, 7) is 4.90. The van der Waals surface area contributed by atoms with E-state index in [1.54, 1.807) is 0 Å². The molecule has 5 rings (SSSR count). The zero-order valence-electron chi connectivity index (χ0n) is 19.8. The molecule has 1 aliphatic rings. The van der Waals surface area contributed by atoms with Gasteiger partial charge in [0, 0.05) is 28.5 Å². The van der Waals surface area contributed by atoms with Gasteiger partial charge in [-0.25, -0.2) is 9.37 Å². The molecule has 0 aliphatic heterocycles. The molecule has 2 heterocycles. The van der Waals surface area contributed by atoms with Crippen molar-refractivity contribution in [1.29, 1.82) is 0 Å². The predicted octanol–water partition coefficient (Wildman–Crippen LogP) is 6.65. The first kappa shape index (κ1) is 22.4. The summed E-state index contributed by atoms with van der Waals surface area (Å²) in [5.41, 5.74) is 1.98. The van der Waals surface area contributed by atoms with Crippen molar-refractivity contribution in [3.8, 4) is 0 Å². The van der Waals surface area contributed by atoms with Crippen LogP contribution in [0.2, 0.25) is 0 Å². The van der Waals surface area contributed by atoms with Gasteiger partial charge < -0.3 is 15.1 Å². The highest BCUT2D eigenvalue weighted by Crippen LogP contribution is 2.32. The topological polar surface area (TPSA) is 67.2 Å². The molecule has 1 amide bonds. The molecule has 4 aromatic rings. The summed E-state index contributed by atoms with van der Waals surface area (Å²) in [5, 5.41) is 8.69. The summed E-state index contributed by atoms with van der Waals surface area (Å²) in [7, 11) is 0. The van der Waals surface area contributed by atoms with Crippen molar-refractivity contribution in [3.63, 3.8) is 0 Å². The fourth-order valence-corrected chi connectivity index (χ4v) is 4.91. The number of carbonyl (C=O) groups excluding carboxylic acids is 1. The number of alkyl halides is 1. The Morgan fingerprint density at radius 2 is 1.65 bits per heavy atom. The summed E-state index contributed by atoms with van der Waals surface area (Å²) in [4.78, 5) is 17.6. The van der Waals surface area contributed by atoms with Crippen LogP contribution in [0.1, 0.15) is 61.3 Å². The lowest BCUT2D eigenvalue weighted by Gasteiger charge is -2.31. The van der Waals surface area contributed by atoms with Crippen molar-refractivity contribution in [2.24, 2.45) is 0 Å². The van der Waals surface area contributed by atoms with Crippen LogP contribution in [0.3, 0.4) is 0 Å². The molecule has 2 aromatic carbocycles. The molecule has 0 radical (unpaired) electrons. The van der Waals surface area contributed by atoms with Crippen LogP contribution in [-0.2, 0) is 5.67 Å². The SMILES string of the molecule is Cc1oc2ccccc2c1C(=O)NC1CCC(Nc2cc(C(C)(C)F)nc3ccccc23)CC1. The van der Waals surface area contributed by atoms with Crippen molar-refractivity contribution in [3.05, 3.63) is 71.6 Å². The van der Waals surface area contributed by atoms with E-state index in [2.05, 4.69) is 15.6 Å². The highest BCUT2D eigenvalue weighted by Gasteiger charge is 2.27. The van der Waals surface area contributed by atoms with E-state index in [-0.39, 0.29) is 18.0 Å². The van der Waals surface area contributed by atoms with Gasteiger partial charge in [0.2, 0.25) is 0 Å². The number of aryl methyl sites for hydroxylation is 1. The average Bonchev–Trinajstić information content (AvgIpc) is 3.15. The summed E-state index contributed by atoms with van der Waals surface area (Å²) in [6.07, 6.45) is 3.59. The average molecular weight is 460 g/mol. The monoisotopic (exact) mass is 459 g/mol. The van der Waals surface area contributed by atoms with E-state index in [0.717, 1.165) is 53.2 Å². The molecule has 34 heavy (non-hydrogen) atoms. The van der Waals surface area contributed by atoms with E-state index in [9.17, 15) is 9.18 Å². The molecule has 176 valence electrons. The zero-order chi connectivity index (χ0) is 23.9. The minimum absolute atomic E-state index is 0.0752. The fraction of sp³-hybridized carbons (Fsp3) is 0.357. The molecule has 6 heteroatoms. The zero-order valence-corrected chi connectivity index (χ0v) is 19.8. The van der Waals surface area contributed by atoms with Gasteiger partial charge >= 0.3 is 0 Å². The number of aromatic nitrogens is 1. The number of nitrogens with zero attached hydrogens (tertiary/aromatic N) is 1. The van der Waals surface area contributed by atoms with Crippen molar-refractivity contribution >= 4 is 33.5 Å². The number of hydrogen-bond donors (Lipinski definition) is 2. The Bertz CT molecular complexity index is 1350. The third-order valence-corrected chi connectivity index (χ3v) is 6.75. The lowest BCUT2D eigenvalue weighted by Crippen LogP contribution is -2.40. The number of benzene rings is 2. The van der Waals surface area contributed by atoms with Gasteiger partial charge in [0.25, 0.3) is 5.91 Å². The van der Waals surface area contributed by atoms with Crippen LogP contribution in [0.15, 0.2) is 59.0 Å². The summed E-state index contributed by atoms with van der Waals surface area (Å²) < 4.78 is 20.4. The lowest BCUT2D eigenvalue weighted by atomic mass is 9.90. The fourth-order valence-electron chi connectivity index (χ4n) is 4.91. The first-order valence-electron chi connectivity index (χ1n) is 11.9. The second-order valence-electron chi connectivity index (χ2n) is 9.74. The number of hydrogen-bond acceptors (Lipinski definition) is 4. The third kappa shape index (κ3) is 4.37. The van der Waals surface area contributed by atoms with Crippen LogP contribution in [-0.4, -0.2) is 23.0 Å². The van der Waals surface area contributed by atoms with E-state index in [1.807, 2.05) is 61.5 Å². The molecule has 0 spiro atoms. The predicted molar refractivity (Wildman–Crippen MR) is 134 cm³/mol. The molecule has 1 aliphatic carbocycles. The van der Waals surface area contributed by atoms with Crippen molar-refractivity contribution in [1.82, 2.24) is 10.3 Å². The highest BCUT2D eigenvalue weighted by atomic mass is 19.1. The molecule has 1 saturated carbocycles. The normalized spacial score (nSPS) is 18.8. The van der Waals surface area contributed by atoms with Crippen molar-refractivity contribution in [2.75, 3.05) is 5.32 Å². The maximum atomic E-state index is 14.7. The Hall–Kier alpha value is -3.41. The number of pyridine rings is 1. The molecule has 0 bridgehead atoms. The molecular weight excluding hydrogens is 429 g/mol. The lowest BCUT2D eigenvalue weighted by molar-refractivity contribution is 0.0926. The third-order valence-electron chi connectivity index (χ3n) is 6.75. The molecule has 2 N–H and O–H groups in total. The van der Waals surface area contributed by atoms with E-state index in [1.165, 1.54) is 13.8 Å². The number of fused-ring (bicyclic) bond motifs is 2. The van der Waals surface area contributed by atoms with Gasteiger partial charge in [-0.3, -0.25) is 4.79 Å². The number of para-hydroxylation sites is 2. The minimum Gasteiger partial charge on any atom is -0.461 e. The van der Waals surface area contributed by atoms with E-state index in [4.69, 9.17) is 4.42 Å². The van der Waals surface area contributed by atoms with Crippen LogP contribution in [0.25, 0.3) is 21.9 Å². The Balaban J connectivity index is 1.27. The van der Waals surface area contributed by atoms with Crippen LogP contribution >= 0.6 is 0 Å². The van der Waals surface area contributed by atoms with Gasteiger partial charge in [-0.1, -0.05) is 36.4 Å². The van der Waals surface area contributed by atoms with Crippen molar-refractivity contribution < 1.29 is 13.6 Å². The van der Waals surface area contributed by atoms with Crippen LogP contribution < -0.4 is 10.6 Å². The minimum atomic E-state index is -1.52. The number of amides is 1. The summed E-state index contributed by atoms with van der Waals surface area (Å²) >= 11 is 0. The first-order valence-corrected chi connectivity index (χ1v) is 11.9. The molecule has 1 fully saturated rings. The van der Waals surface area contributed by atoms with Crippen LogP contribution in [0, 0.1) is 6.92 Å². The highest BCUT2D eigenvalue weighted by molar-refractivity contribution is 6.07. The molecule has 0 atom stereocenters. The number of nitrogens with one attached hydrogen (secondary N) is 2. The van der Waals surface area contributed by atoms with Gasteiger partial charge in [-0.05, 0) is 64.7 Å². The number of anilines is 1. The molecule has 0 saturated heterocycles. The van der Waals surface area contributed by atoms with E-state index in [0.29, 0.717) is 17.0 Å². The van der Waals surface area contributed by atoms with Crippen LogP contribution in [0.4, 0.5) is 10.1 Å². The first-order chi connectivity index (χ1) is 16.3. The van der Waals surface area contributed by atoms with Crippen LogP contribution in [0.5, 0.6) is 0 Å². The largest absolute Gasteiger partial charge is 0.461 e. The van der Waals surface area contributed by atoms with Gasteiger partial charge in [0.05, 0.1) is 16.8 Å².